The third-order valence-corrected chi connectivity index (χ3v) is 5.28. The molecule has 0 amide bonds. The second-order valence-corrected chi connectivity index (χ2v) is 7.09. The highest BCUT2D eigenvalue weighted by molar-refractivity contribution is 7.98. The summed E-state index contributed by atoms with van der Waals surface area (Å²) in [5.74, 6) is 1.17. The molecule has 1 aromatic carbocycles. The molecule has 0 aliphatic carbocycles. The van der Waals surface area contributed by atoms with Crippen molar-refractivity contribution in [1.29, 1.82) is 0 Å². The fourth-order valence-corrected chi connectivity index (χ4v) is 3.72. The van der Waals surface area contributed by atoms with E-state index in [1.807, 2.05) is 6.07 Å². The number of furan rings is 1. The zero-order valence-corrected chi connectivity index (χ0v) is 16.3. The fraction of sp³-hybridized carbons (Fsp3) is 0.200. The van der Waals surface area contributed by atoms with Gasteiger partial charge in [0.15, 0.2) is 10.9 Å². The van der Waals surface area contributed by atoms with Crippen molar-refractivity contribution in [1.82, 2.24) is 14.7 Å². The Hall–Kier alpha value is -3.33. The van der Waals surface area contributed by atoms with E-state index >= 15 is 0 Å². The number of thioether (sulfide) groups is 1. The fourth-order valence-electron chi connectivity index (χ4n) is 2.81. The van der Waals surface area contributed by atoms with Crippen LogP contribution in [0.1, 0.15) is 12.1 Å². The van der Waals surface area contributed by atoms with E-state index in [9.17, 15) is 9.59 Å². The minimum absolute atomic E-state index is 0.0799. The lowest BCUT2D eigenvalue weighted by molar-refractivity contribution is -0.140. The van der Waals surface area contributed by atoms with Gasteiger partial charge in [0.2, 0.25) is 5.76 Å². The summed E-state index contributed by atoms with van der Waals surface area (Å²) in [6.07, 6.45) is 1.64. The first-order valence-corrected chi connectivity index (χ1v) is 9.83. The Balaban J connectivity index is 1.61. The number of hydrogen-bond acceptors (Lipinski definition) is 8. The number of rotatable bonds is 7. The average Bonchev–Trinajstić information content (AvgIpc) is 3.43. The Labute approximate surface area is 169 Å². The molecule has 0 N–H and O–H groups in total. The van der Waals surface area contributed by atoms with Crippen molar-refractivity contribution in [3.8, 4) is 11.5 Å². The highest BCUT2D eigenvalue weighted by Gasteiger charge is 2.15. The topological polar surface area (TPSA) is 100 Å². The molecule has 8 nitrogen and oxygen atoms in total. The first-order chi connectivity index (χ1) is 14.2. The molecule has 0 saturated heterocycles. The highest BCUT2D eigenvalue weighted by atomic mass is 32.2. The molecule has 4 aromatic rings. The van der Waals surface area contributed by atoms with Crippen LogP contribution in [0.5, 0.6) is 0 Å². The molecule has 3 heterocycles. The minimum atomic E-state index is -0.388. The van der Waals surface area contributed by atoms with Gasteiger partial charge in [-0.2, -0.15) is 0 Å². The Bertz CT molecular complexity index is 1200. The summed E-state index contributed by atoms with van der Waals surface area (Å²) in [6.45, 7) is 0.183. The lowest BCUT2D eigenvalue weighted by atomic mass is 10.2. The van der Waals surface area contributed by atoms with Crippen LogP contribution in [0, 0.1) is 0 Å². The second kappa shape index (κ2) is 8.36. The molecule has 0 atom stereocenters. The molecule has 0 aliphatic rings. The number of benzene rings is 1. The third kappa shape index (κ3) is 4.09. The van der Waals surface area contributed by atoms with Crippen LogP contribution >= 0.6 is 11.8 Å². The quantitative estimate of drug-likeness (QED) is 0.259. The Morgan fingerprint density at radius 2 is 2.07 bits per heavy atom. The summed E-state index contributed by atoms with van der Waals surface area (Å²) >= 11 is 1.35. The largest absolute Gasteiger partial charge is 0.469 e. The van der Waals surface area contributed by atoms with Crippen LogP contribution in [0.2, 0.25) is 0 Å². The van der Waals surface area contributed by atoms with E-state index in [2.05, 4.69) is 10.1 Å². The van der Waals surface area contributed by atoms with Gasteiger partial charge >= 0.3 is 5.97 Å². The second-order valence-electron chi connectivity index (χ2n) is 6.14. The zero-order valence-electron chi connectivity index (χ0n) is 15.5. The van der Waals surface area contributed by atoms with Gasteiger partial charge in [0.25, 0.3) is 5.56 Å². The number of fused-ring (bicyclic) bond motifs is 1. The van der Waals surface area contributed by atoms with Gasteiger partial charge in [0.05, 0.1) is 36.4 Å². The van der Waals surface area contributed by atoms with E-state index in [0.717, 1.165) is 0 Å². The molecule has 4 rings (SSSR count). The lowest BCUT2D eigenvalue weighted by Gasteiger charge is -2.12. The standard InChI is InChI=1S/C20H17N3O5S/c1-26-18(24)8-9-23-19(25)14-5-2-3-6-15(14)21-20(23)29-12-13-11-17(28-22-13)16-7-4-10-27-16/h2-7,10-11H,8-9,12H2,1H3. The van der Waals surface area contributed by atoms with Crippen LogP contribution in [0.25, 0.3) is 22.4 Å². The number of carbonyl (C=O) groups is 1. The third-order valence-electron chi connectivity index (χ3n) is 4.27. The molecule has 0 aliphatic heterocycles. The molecule has 0 radical (unpaired) electrons. The summed E-state index contributed by atoms with van der Waals surface area (Å²) in [7, 11) is 1.32. The molecule has 3 aromatic heterocycles. The van der Waals surface area contributed by atoms with Crippen LogP contribution in [-0.4, -0.2) is 27.8 Å². The van der Waals surface area contributed by atoms with E-state index in [1.54, 1.807) is 42.7 Å². The van der Waals surface area contributed by atoms with Gasteiger partial charge in [0.1, 0.15) is 0 Å². The van der Waals surface area contributed by atoms with E-state index in [4.69, 9.17) is 13.7 Å². The number of hydrogen-bond donors (Lipinski definition) is 0. The predicted octanol–water partition coefficient (Wildman–Crippen LogP) is 3.50. The van der Waals surface area contributed by atoms with Crippen molar-refractivity contribution in [2.45, 2.75) is 23.9 Å². The number of methoxy groups -OCH3 is 1. The highest BCUT2D eigenvalue weighted by Crippen LogP contribution is 2.26. The van der Waals surface area contributed by atoms with E-state index in [1.165, 1.54) is 23.4 Å². The van der Waals surface area contributed by atoms with E-state index < -0.39 is 0 Å². The number of ether oxygens (including phenoxy) is 1. The van der Waals surface area contributed by atoms with Crippen LogP contribution in [-0.2, 0) is 21.8 Å². The van der Waals surface area contributed by atoms with E-state index in [0.29, 0.717) is 39.0 Å². The normalized spacial score (nSPS) is 11.1. The Morgan fingerprint density at radius 1 is 1.21 bits per heavy atom. The SMILES string of the molecule is COC(=O)CCn1c(SCc2cc(-c3ccco3)on2)nc2ccccc2c1=O. The summed E-state index contributed by atoms with van der Waals surface area (Å²) in [4.78, 5) is 29.1. The van der Waals surface area contributed by atoms with Gasteiger partial charge in [-0.25, -0.2) is 4.98 Å². The van der Waals surface area contributed by atoms with Gasteiger partial charge in [-0.3, -0.25) is 14.2 Å². The molecule has 0 bridgehead atoms. The van der Waals surface area contributed by atoms with Crippen molar-refractivity contribution in [2.75, 3.05) is 7.11 Å². The smallest absolute Gasteiger partial charge is 0.307 e. The maximum atomic E-state index is 12.9. The number of carbonyl (C=O) groups excluding carboxylic acids is 1. The van der Waals surface area contributed by atoms with Crippen molar-refractivity contribution < 1.29 is 18.5 Å². The Kier molecular flexibility index (Phi) is 5.48. The van der Waals surface area contributed by atoms with Crippen LogP contribution in [0.15, 0.2) is 67.6 Å². The molecular formula is C20H17N3O5S. The molecule has 9 heteroatoms. The molecule has 0 saturated carbocycles. The van der Waals surface area contributed by atoms with E-state index in [-0.39, 0.29) is 24.5 Å². The van der Waals surface area contributed by atoms with Crippen molar-refractivity contribution >= 4 is 28.6 Å². The van der Waals surface area contributed by atoms with Gasteiger partial charge < -0.3 is 13.7 Å². The van der Waals surface area contributed by atoms with Crippen LogP contribution in [0.4, 0.5) is 0 Å². The molecule has 29 heavy (non-hydrogen) atoms. The van der Waals surface area contributed by atoms with Gasteiger partial charge in [-0.15, -0.1) is 0 Å². The molecule has 148 valence electrons. The molecule has 0 spiro atoms. The van der Waals surface area contributed by atoms with Crippen molar-refractivity contribution in [3.05, 3.63) is 64.8 Å². The first-order valence-electron chi connectivity index (χ1n) is 8.84. The maximum Gasteiger partial charge on any atom is 0.307 e. The Morgan fingerprint density at radius 3 is 2.86 bits per heavy atom. The summed E-state index contributed by atoms with van der Waals surface area (Å²) in [5.41, 5.74) is 1.09. The van der Waals surface area contributed by atoms with Gasteiger partial charge in [-0.1, -0.05) is 29.1 Å². The summed E-state index contributed by atoms with van der Waals surface area (Å²) in [6, 6.07) is 12.5. The zero-order chi connectivity index (χ0) is 20.2. The van der Waals surface area contributed by atoms with Gasteiger partial charge in [0, 0.05) is 18.4 Å². The average molecular weight is 411 g/mol. The van der Waals surface area contributed by atoms with Crippen LogP contribution < -0.4 is 5.56 Å². The summed E-state index contributed by atoms with van der Waals surface area (Å²) < 4.78 is 16.8. The minimum Gasteiger partial charge on any atom is -0.469 e. The van der Waals surface area contributed by atoms with Crippen LogP contribution in [0.3, 0.4) is 0 Å². The molecular weight excluding hydrogens is 394 g/mol. The first kappa shape index (κ1) is 19.0. The lowest BCUT2D eigenvalue weighted by Crippen LogP contribution is -2.24. The molecule has 0 unspecified atom stereocenters. The summed E-state index contributed by atoms with van der Waals surface area (Å²) in [5, 5.41) is 5.05. The van der Waals surface area contributed by atoms with Crippen molar-refractivity contribution in [3.63, 3.8) is 0 Å². The number of aromatic nitrogens is 3. The number of esters is 1. The molecule has 0 fully saturated rings. The monoisotopic (exact) mass is 411 g/mol. The van der Waals surface area contributed by atoms with Gasteiger partial charge in [-0.05, 0) is 24.3 Å². The number of nitrogens with zero attached hydrogens (tertiary/aromatic N) is 3. The predicted molar refractivity (Wildman–Crippen MR) is 106 cm³/mol. The number of para-hydroxylation sites is 1. The van der Waals surface area contributed by atoms with Crippen molar-refractivity contribution in [2.24, 2.45) is 0 Å². The maximum absolute atomic E-state index is 12.9.